The molecule has 0 aliphatic heterocycles. The van der Waals surface area contributed by atoms with Gasteiger partial charge in [0.05, 0.1) is 18.0 Å². The summed E-state index contributed by atoms with van der Waals surface area (Å²) < 4.78 is 0. The van der Waals surface area contributed by atoms with Crippen LogP contribution in [-0.2, 0) is 11.3 Å². The van der Waals surface area contributed by atoms with Crippen molar-refractivity contribution >= 4 is 34.1 Å². The van der Waals surface area contributed by atoms with E-state index in [2.05, 4.69) is 39.6 Å². The molecule has 2 aromatic heterocycles. The number of thioether (sulfide) groups is 1. The summed E-state index contributed by atoms with van der Waals surface area (Å²) in [5.41, 5.74) is 6.31. The van der Waals surface area contributed by atoms with Gasteiger partial charge in [-0.1, -0.05) is 85.6 Å². The number of aromatic nitrogens is 3. The second-order valence-corrected chi connectivity index (χ2v) is 11.4. The monoisotopic (exact) mass is 528 g/mol. The maximum absolute atomic E-state index is 13.5. The maximum Gasteiger partial charge on any atom is 0.239 e. The van der Waals surface area contributed by atoms with Gasteiger partial charge in [0.25, 0.3) is 0 Å². The predicted octanol–water partition coefficient (Wildman–Crippen LogP) is 7.59. The van der Waals surface area contributed by atoms with Crippen molar-refractivity contribution < 1.29 is 4.79 Å². The summed E-state index contributed by atoms with van der Waals surface area (Å²) in [5, 5.41) is 3.39. The molecule has 0 radical (unpaired) electrons. The number of nitrogens with zero attached hydrogens (tertiary/aromatic N) is 4. The summed E-state index contributed by atoms with van der Waals surface area (Å²) in [5.74, 6) is 0.928. The van der Waals surface area contributed by atoms with E-state index in [9.17, 15) is 4.79 Å². The Labute approximate surface area is 227 Å². The summed E-state index contributed by atoms with van der Waals surface area (Å²) >= 11 is 2.88. The van der Waals surface area contributed by atoms with Crippen molar-refractivity contribution in [1.82, 2.24) is 15.0 Å². The Hall–Kier alpha value is -3.03. The molecule has 2 heterocycles. The molecule has 1 amide bonds. The van der Waals surface area contributed by atoms with E-state index < -0.39 is 0 Å². The molecule has 0 saturated heterocycles. The molecule has 7 heteroatoms. The highest BCUT2D eigenvalue weighted by Gasteiger charge is 2.21. The van der Waals surface area contributed by atoms with Gasteiger partial charge in [-0.2, -0.15) is 0 Å². The molecule has 4 aromatic rings. The van der Waals surface area contributed by atoms with Crippen LogP contribution < -0.4 is 4.90 Å². The topological polar surface area (TPSA) is 59.0 Å². The Morgan fingerprint density at radius 1 is 0.946 bits per heavy atom. The van der Waals surface area contributed by atoms with E-state index in [1.54, 1.807) is 4.90 Å². The Bertz CT molecular complexity index is 1310. The fraction of sp³-hybridized carbons (Fsp3) is 0.333. The summed E-state index contributed by atoms with van der Waals surface area (Å²) in [6, 6.07) is 20.9. The molecule has 1 fully saturated rings. The molecule has 190 valence electrons. The number of hydrogen-bond donors (Lipinski definition) is 0. The number of anilines is 1. The minimum absolute atomic E-state index is 0.00911. The van der Waals surface area contributed by atoms with Gasteiger partial charge in [0, 0.05) is 22.3 Å². The second-order valence-electron chi connectivity index (χ2n) is 9.66. The molecule has 0 bridgehead atoms. The first-order valence-corrected chi connectivity index (χ1v) is 14.8. The molecule has 0 unspecified atom stereocenters. The largest absolute Gasteiger partial charge is 0.283 e. The van der Waals surface area contributed by atoms with Crippen molar-refractivity contribution in [3.63, 3.8) is 0 Å². The normalized spacial score (nSPS) is 14.0. The molecule has 5 nitrogen and oxygen atoms in total. The van der Waals surface area contributed by atoms with Gasteiger partial charge < -0.3 is 0 Å². The molecule has 1 aliphatic rings. The molecule has 1 aliphatic carbocycles. The average molecular weight is 529 g/mol. The standard InChI is InChI=1S/C30H32N4OS2/c1-21-17-22(2)32-29(31-21)36-20-28(35)34(18-23-9-5-3-6-10-23)30-33-27(19-37-30)26-15-13-25(14-16-26)24-11-7-4-8-12-24/h3,5-6,9-10,13-17,19,24H,4,7-8,11-12,18,20H2,1-2H3. The highest BCUT2D eigenvalue weighted by atomic mass is 32.2. The van der Waals surface area contributed by atoms with Gasteiger partial charge in [-0.3, -0.25) is 9.69 Å². The van der Waals surface area contributed by atoms with E-state index in [0.29, 0.717) is 22.8 Å². The van der Waals surface area contributed by atoms with Gasteiger partial charge in [-0.05, 0) is 49.8 Å². The molecule has 1 saturated carbocycles. The van der Waals surface area contributed by atoms with Crippen molar-refractivity contribution in [2.24, 2.45) is 0 Å². The number of carbonyl (C=O) groups is 1. The van der Waals surface area contributed by atoms with E-state index in [-0.39, 0.29) is 11.7 Å². The van der Waals surface area contributed by atoms with Gasteiger partial charge in [0.2, 0.25) is 5.91 Å². The summed E-state index contributed by atoms with van der Waals surface area (Å²) in [6.45, 7) is 4.36. The molecule has 2 aromatic carbocycles. The minimum atomic E-state index is -0.00911. The Morgan fingerprint density at radius 3 is 2.35 bits per heavy atom. The molecule has 37 heavy (non-hydrogen) atoms. The number of benzene rings is 2. The third-order valence-electron chi connectivity index (χ3n) is 6.78. The zero-order chi connectivity index (χ0) is 25.6. The van der Waals surface area contributed by atoms with Gasteiger partial charge >= 0.3 is 0 Å². The van der Waals surface area contributed by atoms with Crippen LogP contribution in [0.25, 0.3) is 11.3 Å². The molecule has 0 N–H and O–H groups in total. The lowest BCUT2D eigenvalue weighted by Crippen LogP contribution is -2.32. The SMILES string of the molecule is Cc1cc(C)nc(SCC(=O)N(Cc2ccccc2)c2nc(-c3ccc(C4CCCCC4)cc3)cs2)n1. The minimum Gasteiger partial charge on any atom is -0.283 e. The Balaban J connectivity index is 1.34. The number of amides is 1. The van der Waals surface area contributed by atoms with Crippen molar-refractivity contribution in [3.05, 3.63) is 88.6 Å². The third kappa shape index (κ3) is 6.65. The van der Waals surface area contributed by atoms with Gasteiger partial charge in [-0.25, -0.2) is 15.0 Å². The van der Waals surface area contributed by atoms with Crippen molar-refractivity contribution in [2.75, 3.05) is 10.7 Å². The van der Waals surface area contributed by atoms with E-state index in [1.807, 2.05) is 50.2 Å². The molecule has 5 rings (SSSR count). The highest BCUT2D eigenvalue weighted by Crippen LogP contribution is 2.34. The van der Waals surface area contributed by atoms with Gasteiger partial charge in [0.1, 0.15) is 0 Å². The molecule has 0 spiro atoms. The first-order chi connectivity index (χ1) is 18.0. The summed E-state index contributed by atoms with van der Waals surface area (Å²) in [7, 11) is 0. The van der Waals surface area contributed by atoms with Crippen LogP contribution in [0.5, 0.6) is 0 Å². The molecular weight excluding hydrogens is 496 g/mol. The van der Waals surface area contributed by atoms with Crippen LogP contribution in [0.1, 0.15) is 60.5 Å². The average Bonchev–Trinajstić information content (AvgIpc) is 3.41. The first-order valence-electron chi connectivity index (χ1n) is 12.9. The van der Waals surface area contributed by atoms with Crippen LogP contribution in [0.3, 0.4) is 0 Å². The van der Waals surface area contributed by atoms with Gasteiger partial charge in [0.15, 0.2) is 10.3 Å². The number of hydrogen-bond acceptors (Lipinski definition) is 6. The Kier molecular flexibility index (Phi) is 8.31. The quantitative estimate of drug-likeness (QED) is 0.174. The van der Waals surface area contributed by atoms with E-state index in [4.69, 9.17) is 4.98 Å². The number of carbonyl (C=O) groups excluding carboxylic acids is 1. The van der Waals surface area contributed by atoms with Crippen LogP contribution in [0.4, 0.5) is 5.13 Å². The van der Waals surface area contributed by atoms with Gasteiger partial charge in [-0.15, -0.1) is 11.3 Å². The maximum atomic E-state index is 13.5. The molecule has 0 atom stereocenters. The fourth-order valence-corrected chi connectivity index (χ4v) is 6.55. The summed E-state index contributed by atoms with van der Waals surface area (Å²) in [4.78, 5) is 29.1. The van der Waals surface area contributed by atoms with E-state index >= 15 is 0 Å². The van der Waals surface area contributed by atoms with Crippen molar-refractivity contribution in [2.45, 2.75) is 63.6 Å². The van der Waals surface area contributed by atoms with Crippen LogP contribution in [0, 0.1) is 13.8 Å². The smallest absolute Gasteiger partial charge is 0.239 e. The fourth-order valence-electron chi connectivity index (χ4n) is 4.87. The lowest BCUT2D eigenvalue weighted by atomic mass is 9.84. The zero-order valence-corrected chi connectivity index (χ0v) is 23.0. The molecular formula is C30H32N4OS2. The van der Waals surface area contributed by atoms with Crippen molar-refractivity contribution in [1.29, 1.82) is 0 Å². The first kappa shape index (κ1) is 25.6. The lowest BCUT2D eigenvalue weighted by molar-refractivity contribution is -0.116. The number of aryl methyl sites for hydroxylation is 2. The zero-order valence-electron chi connectivity index (χ0n) is 21.4. The van der Waals surface area contributed by atoms with Crippen LogP contribution in [0.15, 0.2) is 71.2 Å². The number of thiazole rings is 1. The lowest BCUT2D eigenvalue weighted by Gasteiger charge is -2.22. The Morgan fingerprint density at radius 2 is 1.65 bits per heavy atom. The van der Waals surface area contributed by atoms with Crippen molar-refractivity contribution in [3.8, 4) is 11.3 Å². The number of rotatable bonds is 8. The second kappa shape index (κ2) is 12.0. The predicted molar refractivity (Wildman–Crippen MR) is 153 cm³/mol. The third-order valence-corrected chi connectivity index (χ3v) is 8.47. The van der Waals surface area contributed by atoms with Crippen LogP contribution >= 0.6 is 23.1 Å². The van der Waals surface area contributed by atoms with Crippen LogP contribution in [-0.4, -0.2) is 26.6 Å². The van der Waals surface area contributed by atoms with E-state index in [1.165, 1.54) is 60.8 Å². The highest BCUT2D eigenvalue weighted by molar-refractivity contribution is 7.99. The van der Waals surface area contributed by atoms with Crippen LogP contribution in [0.2, 0.25) is 0 Å². The summed E-state index contributed by atoms with van der Waals surface area (Å²) in [6.07, 6.45) is 6.62. The van der Waals surface area contributed by atoms with E-state index in [0.717, 1.165) is 28.2 Å².